The van der Waals surface area contributed by atoms with Crippen LogP contribution in [0, 0.1) is 5.41 Å². The average molecular weight is 266 g/mol. The number of ether oxygens (including phenoxy) is 3. The number of hydrogen-bond donors (Lipinski definition) is 2. The zero-order valence-corrected chi connectivity index (χ0v) is 11.7. The van der Waals surface area contributed by atoms with Crippen LogP contribution < -0.4 is 20.5 Å². The molecule has 1 heterocycles. The molecular formula is C14H22N2O3. The molecule has 0 aliphatic carbocycles. The Bertz CT molecular complexity index is 427. The van der Waals surface area contributed by atoms with Gasteiger partial charge < -0.3 is 25.3 Å². The van der Waals surface area contributed by atoms with E-state index in [0.29, 0.717) is 19.8 Å². The molecule has 5 heteroatoms. The van der Waals surface area contributed by atoms with Gasteiger partial charge in [0.15, 0.2) is 0 Å². The average Bonchev–Trinajstić information content (AvgIpc) is 2.42. The maximum absolute atomic E-state index is 5.95. The Labute approximate surface area is 114 Å². The van der Waals surface area contributed by atoms with Crippen LogP contribution in [0.2, 0.25) is 0 Å². The van der Waals surface area contributed by atoms with Crippen LogP contribution in [0.4, 0.5) is 0 Å². The number of nitrogens with one attached hydrogen (secondary N) is 1. The Morgan fingerprint density at radius 2 is 2.11 bits per heavy atom. The third-order valence-corrected chi connectivity index (χ3v) is 3.83. The largest absolute Gasteiger partial charge is 0.497 e. The van der Waals surface area contributed by atoms with Crippen LogP contribution in [0.25, 0.3) is 0 Å². The molecule has 0 amide bonds. The minimum absolute atomic E-state index is 0.0750. The molecular weight excluding hydrogens is 244 g/mol. The van der Waals surface area contributed by atoms with Crippen molar-refractivity contribution >= 4 is 0 Å². The van der Waals surface area contributed by atoms with E-state index in [2.05, 4.69) is 5.32 Å². The SMILES string of the molecule is CNC(c1cc(OC)ccc1OC)C1(CN)COC1. The van der Waals surface area contributed by atoms with Gasteiger partial charge in [0.2, 0.25) is 0 Å². The fourth-order valence-electron chi connectivity index (χ4n) is 2.62. The fraction of sp³-hybridized carbons (Fsp3) is 0.571. The summed E-state index contributed by atoms with van der Waals surface area (Å²) in [6, 6.07) is 5.88. The third-order valence-electron chi connectivity index (χ3n) is 3.83. The van der Waals surface area contributed by atoms with Crippen molar-refractivity contribution in [2.24, 2.45) is 11.1 Å². The number of hydrogen-bond acceptors (Lipinski definition) is 5. The second-order valence-corrected chi connectivity index (χ2v) is 4.89. The van der Waals surface area contributed by atoms with Gasteiger partial charge in [-0.3, -0.25) is 0 Å². The van der Waals surface area contributed by atoms with Gasteiger partial charge in [0.05, 0.1) is 27.4 Å². The van der Waals surface area contributed by atoms with Crippen LogP contribution in [0.3, 0.4) is 0 Å². The number of methoxy groups -OCH3 is 2. The van der Waals surface area contributed by atoms with Gasteiger partial charge in [-0.25, -0.2) is 0 Å². The summed E-state index contributed by atoms with van der Waals surface area (Å²) >= 11 is 0. The molecule has 106 valence electrons. The van der Waals surface area contributed by atoms with Gasteiger partial charge in [-0.2, -0.15) is 0 Å². The first-order chi connectivity index (χ1) is 9.20. The maximum Gasteiger partial charge on any atom is 0.123 e. The normalized spacial score (nSPS) is 18.5. The van der Waals surface area contributed by atoms with E-state index < -0.39 is 0 Å². The molecule has 1 aliphatic heterocycles. The molecule has 1 unspecified atom stereocenters. The van der Waals surface area contributed by atoms with Gasteiger partial charge in [0.25, 0.3) is 0 Å². The quantitative estimate of drug-likeness (QED) is 0.802. The van der Waals surface area contributed by atoms with Crippen LogP contribution >= 0.6 is 0 Å². The van der Waals surface area contributed by atoms with Crippen LogP contribution in [-0.2, 0) is 4.74 Å². The lowest BCUT2D eigenvalue weighted by Gasteiger charge is -2.46. The van der Waals surface area contributed by atoms with Gasteiger partial charge in [-0.05, 0) is 25.2 Å². The Balaban J connectivity index is 2.41. The summed E-state index contributed by atoms with van der Waals surface area (Å²) in [5, 5.41) is 3.34. The summed E-state index contributed by atoms with van der Waals surface area (Å²) in [6.45, 7) is 1.89. The molecule has 19 heavy (non-hydrogen) atoms. The first-order valence-corrected chi connectivity index (χ1v) is 6.38. The molecule has 2 rings (SSSR count). The predicted octanol–water partition coefficient (Wildman–Crippen LogP) is 0.940. The van der Waals surface area contributed by atoms with Gasteiger partial charge in [0, 0.05) is 23.6 Å². The van der Waals surface area contributed by atoms with Crippen molar-refractivity contribution in [2.75, 3.05) is 41.0 Å². The van der Waals surface area contributed by atoms with Crippen molar-refractivity contribution < 1.29 is 14.2 Å². The summed E-state index contributed by atoms with van der Waals surface area (Å²) in [4.78, 5) is 0. The minimum atomic E-state index is -0.0750. The van der Waals surface area contributed by atoms with Crippen molar-refractivity contribution in [3.05, 3.63) is 23.8 Å². The lowest BCUT2D eigenvalue weighted by atomic mass is 9.75. The van der Waals surface area contributed by atoms with E-state index in [0.717, 1.165) is 17.1 Å². The molecule has 1 fully saturated rings. The topological polar surface area (TPSA) is 65.7 Å². The Morgan fingerprint density at radius 1 is 1.37 bits per heavy atom. The monoisotopic (exact) mass is 266 g/mol. The smallest absolute Gasteiger partial charge is 0.123 e. The summed E-state index contributed by atoms with van der Waals surface area (Å²) in [6.07, 6.45) is 0. The van der Waals surface area contributed by atoms with E-state index in [1.54, 1.807) is 14.2 Å². The second-order valence-electron chi connectivity index (χ2n) is 4.89. The minimum Gasteiger partial charge on any atom is -0.497 e. The first-order valence-electron chi connectivity index (χ1n) is 6.38. The number of benzene rings is 1. The highest BCUT2D eigenvalue weighted by Crippen LogP contribution is 2.43. The molecule has 5 nitrogen and oxygen atoms in total. The standard InChI is InChI=1S/C14H22N2O3/c1-16-13(14(7-15)8-19-9-14)11-6-10(17-2)4-5-12(11)18-3/h4-6,13,16H,7-9,15H2,1-3H3. The van der Waals surface area contributed by atoms with E-state index in [1.165, 1.54) is 0 Å². The zero-order chi connectivity index (χ0) is 13.9. The van der Waals surface area contributed by atoms with Crippen molar-refractivity contribution in [3.63, 3.8) is 0 Å². The Kier molecular flexibility index (Phi) is 4.29. The molecule has 1 aliphatic rings. The Hall–Kier alpha value is -1.30. The fourth-order valence-corrected chi connectivity index (χ4v) is 2.62. The maximum atomic E-state index is 5.95. The second kappa shape index (κ2) is 5.77. The first kappa shape index (κ1) is 14.1. The lowest BCUT2D eigenvalue weighted by molar-refractivity contribution is -0.127. The summed E-state index contributed by atoms with van der Waals surface area (Å²) in [7, 11) is 5.26. The van der Waals surface area contributed by atoms with E-state index in [9.17, 15) is 0 Å². The van der Waals surface area contributed by atoms with Crippen molar-refractivity contribution in [1.82, 2.24) is 5.32 Å². The molecule has 0 saturated carbocycles. The van der Waals surface area contributed by atoms with Gasteiger partial charge in [-0.1, -0.05) is 0 Å². The molecule has 0 bridgehead atoms. The number of nitrogens with two attached hydrogens (primary N) is 1. The van der Waals surface area contributed by atoms with Crippen LogP contribution in [0.1, 0.15) is 11.6 Å². The van der Waals surface area contributed by atoms with E-state index >= 15 is 0 Å². The van der Waals surface area contributed by atoms with Crippen LogP contribution in [0.15, 0.2) is 18.2 Å². The van der Waals surface area contributed by atoms with Crippen molar-refractivity contribution in [1.29, 1.82) is 0 Å². The molecule has 3 N–H and O–H groups in total. The predicted molar refractivity (Wildman–Crippen MR) is 73.7 cm³/mol. The van der Waals surface area contributed by atoms with Gasteiger partial charge >= 0.3 is 0 Å². The molecule has 1 aromatic carbocycles. The highest BCUT2D eigenvalue weighted by molar-refractivity contribution is 5.43. The molecule has 0 spiro atoms. The van der Waals surface area contributed by atoms with E-state index in [-0.39, 0.29) is 11.5 Å². The summed E-state index contributed by atoms with van der Waals surface area (Å²) < 4.78 is 16.1. The molecule has 1 aromatic rings. The van der Waals surface area contributed by atoms with Crippen molar-refractivity contribution in [2.45, 2.75) is 6.04 Å². The van der Waals surface area contributed by atoms with Gasteiger partial charge in [0.1, 0.15) is 11.5 Å². The molecule has 0 radical (unpaired) electrons. The lowest BCUT2D eigenvalue weighted by Crippen LogP contribution is -2.55. The van der Waals surface area contributed by atoms with E-state index in [4.69, 9.17) is 19.9 Å². The van der Waals surface area contributed by atoms with Crippen LogP contribution in [-0.4, -0.2) is 41.0 Å². The summed E-state index contributed by atoms with van der Waals surface area (Å²) in [5.74, 6) is 1.64. The Morgan fingerprint density at radius 3 is 2.53 bits per heavy atom. The highest BCUT2D eigenvalue weighted by Gasteiger charge is 2.45. The molecule has 0 aromatic heterocycles. The van der Waals surface area contributed by atoms with Crippen molar-refractivity contribution in [3.8, 4) is 11.5 Å². The van der Waals surface area contributed by atoms with Crippen LogP contribution in [0.5, 0.6) is 11.5 Å². The summed E-state index contributed by atoms with van der Waals surface area (Å²) in [5.41, 5.74) is 6.93. The van der Waals surface area contributed by atoms with E-state index in [1.807, 2.05) is 25.2 Å². The number of rotatable bonds is 6. The molecule has 1 saturated heterocycles. The zero-order valence-electron chi connectivity index (χ0n) is 11.7. The van der Waals surface area contributed by atoms with Gasteiger partial charge in [-0.15, -0.1) is 0 Å². The third kappa shape index (κ3) is 2.41. The highest BCUT2D eigenvalue weighted by atomic mass is 16.5. The molecule has 1 atom stereocenters.